The van der Waals surface area contributed by atoms with Crippen LogP contribution in [0.4, 0.5) is 0 Å². The molecule has 0 aromatic heterocycles. The number of primary amides is 4. The van der Waals surface area contributed by atoms with Crippen LogP contribution in [-0.2, 0) is 71.0 Å². The van der Waals surface area contributed by atoms with E-state index in [2.05, 4.69) is 93.2 Å². The number of nitrogens with one attached hydrogen (secondary N) is 1. The molecule has 20 aliphatic rings. The molecular weight excluding hydrogens is 1720 g/mol. The lowest BCUT2D eigenvalue weighted by atomic mass is 9.49. The Hall–Kier alpha value is -8.34. The molecule has 14 fully saturated rings. The normalized spacial score (nSPS) is 37.2. The zero-order valence-electron chi connectivity index (χ0n) is 81.6. The minimum Gasteiger partial charge on any atom is -0.478 e. The van der Waals surface area contributed by atoms with Crippen LogP contribution in [0.1, 0.15) is 334 Å². The van der Waals surface area contributed by atoms with Crippen molar-refractivity contribution in [2.24, 2.45) is 34.8 Å². The summed E-state index contributed by atoms with van der Waals surface area (Å²) in [5.41, 5.74) is 35.2. The molecule has 16 N–H and O–H groups in total. The van der Waals surface area contributed by atoms with E-state index in [-0.39, 0.29) is 98.3 Å². The number of likely N-dealkylation sites (N-methyl/N-ethyl adjacent to an activating group) is 4. The quantitative estimate of drug-likeness (QED) is 0.0606. The number of carboxylic acids is 1. The number of carbonyl (C=O) groups excluding carboxylic acids is 5. The first kappa shape index (κ1) is 94.9. The smallest absolute Gasteiger partial charge is 0.335 e. The topological polar surface area (TPSA) is 380 Å². The van der Waals surface area contributed by atoms with Gasteiger partial charge in [0.25, 0.3) is 5.91 Å². The van der Waals surface area contributed by atoms with Crippen molar-refractivity contribution in [2.75, 3.05) is 87.6 Å². The SMILES string of the molecule is CN1CC[C@]23CCCC[C@@]2(O)[C@H]1Cc1ccc(C(=O)O)cc13.CN1CC[C@]23CCCC[C@@]2(O)[C@H]1Cc1ccc(C(N)=O)cc13.CN1CC[C@]23CCC[C@@]2(O)[C@H]1Cc1ccc(C(N)=O)cc13.CNC(=O)c1ccc2c(c1)[C@@]13CCCC[C@@]1(O)[C@@H](C2)N(C)CC3.NC(=O)c1ccc2c(c1)[C@@]13CCCC[C@@]1(O)[C@@H](C2)N(CC1CC1)CC3.NC(=O)c1ccc2c(c1)[C@@]13CCC[C@@]1(O)[C@@H](C2)N(CC1CC1)CC3. The fourth-order valence-electron chi connectivity index (χ4n) is 33.5. The van der Waals surface area contributed by atoms with E-state index >= 15 is 0 Å². The van der Waals surface area contributed by atoms with Gasteiger partial charge in [0.1, 0.15) is 0 Å². The van der Waals surface area contributed by atoms with Crippen molar-refractivity contribution in [2.45, 2.75) is 346 Å². The first-order chi connectivity index (χ1) is 65.5. The van der Waals surface area contributed by atoms with Crippen LogP contribution in [0.2, 0.25) is 0 Å². The van der Waals surface area contributed by atoms with Crippen molar-refractivity contribution in [3.63, 3.8) is 0 Å². The summed E-state index contributed by atoms with van der Waals surface area (Å²) in [6.07, 6.45) is 38.9. The molecule has 0 unspecified atom stereocenters. The van der Waals surface area contributed by atoms with Gasteiger partial charge in [-0.2, -0.15) is 0 Å². The third kappa shape index (κ3) is 14.6. The van der Waals surface area contributed by atoms with E-state index in [0.717, 1.165) is 282 Å². The molecule has 18 atom stereocenters. The minimum absolute atomic E-state index is 0.0430. The standard InChI is InChI=1S/C21H28N2O2.C20H26N2O2.C19H26N2O2.C18H24N2O2.C18H23NO3.C17H22N2O2/c22-19(24)16-6-5-15-12-18-21(25)8-2-1-7-20(21,17(15)11-16)9-10-23(18)13-14-3-4-14;21-18(23)15-5-4-14-11-17-20(24)7-1-6-19(20,16(14)10-15)8-9-22(17)12-13-2-3-13;1-20-17(22)14-6-5-13-12-16-19(23)8-4-3-7-18(19,15(13)11-14)9-10-21(16)2;1-20-9-8-17-6-2-3-7-18(17,22)15(20)11-12-4-5-13(16(19)21)10-14(12)17;1-19-9-8-17-6-2-3-7-18(17,22)15(19)11-12-4-5-13(16(20)21)10-14(12)17;1-19-8-7-16-5-2-6-17(16,21)14(19)10-11-3-4-12(15(18)20)9-13(11)16/h5-6,11,14,18,25H,1-4,7-10,12-13H2,(H2,22,24);4-5,10,13,17,24H,1-3,6-9,11-12H2,(H2,21,23);5-6,11,16,23H,3-4,7-10,12H2,1-2H3,(H,20,22);4-5,10,15,22H,2-3,6-9,11H2,1H3,(H2,19,21);4-5,10,15,22H,2-3,6-9,11H2,1H3,(H,20,21);3-4,9,14,21H,2,5-8,10H2,1H3,(H2,18,20)/t18-,20+,21-;17-,19+,20-;16-,18+,19-;2*15-,17+,18-;14-,16+,17-/m111111/s1. The third-order valence-electron chi connectivity index (χ3n) is 41.0. The van der Waals surface area contributed by atoms with Crippen LogP contribution in [0, 0.1) is 11.8 Å². The van der Waals surface area contributed by atoms with Crippen LogP contribution in [-0.4, -0.2) is 258 Å². The summed E-state index contributed by atoms with van der Waals surface area (Å²) in [6, 6.07) is 36.4. The fourth-order valence-corrected chi connectivity index (χ4v) is 33.5. The molecule has 8 saturated carbocycles. The Morgan fingerprint density at radius 3 is 0.759 bits per heavy atom. The summed E-state index contributed by atoms with van der Waals surface area (Å²) in [5, 5.41) is 82.3. The minimum atomic E-state index is -0.881. The molecule has 0 spiro atoms. The van der Waals surface area contributed by atoms with Crippen molar-refractivity contribution in [1.29, 1.82) is 0 Å². The highest BCUT2D eigenvalue weighted by Gasteiger charge is 2.71. The van der Waals surface area contributed by atoms with E-state index in [1.807, 2.05) is 72.8 Å². The van der Waals surface area contributed by atoms with Crippen LogP contribution < -0.4 is 28.3 Å². The van der Waals surface area contributed by atoms with Crippen molar-refractivity contribution in [1.82, 2.24) is 34.7 Å². The second-order valence-electron chi connectivity index (χ2n) is 46.8. The summed E-state index contributed by atoms with van der Waals surface area (Å²) in [7, 11) is 10.2. The van der Waals surface area contributed by atoms with E-state index in [1.54, 1.807) is 13.1 Å². The summed E-state index contributed by atoms with van der Waals surface area (Å²) in [4.78, 5) is 84.4. The molecule has 5 amide bonds. The first-order valence-electron chi connectivity index (χ1n) is 52.6. The van der Waals surface area contributed by atoms with E-state index in [1.165, 1.54) is 93.3 Å². The Kier molecular flexibility index (Phi) is 24.1. The van der Waals surface area contributed by atoms with E-state index in [4.69, 9.17) is 22.9 Å². The number of aliphatic hydroxyl groups is 6. The van der Waals surface area contributed by atoms with Crippen LogP contribution >= 0.6 is 0 Å². The van der Waals surface area contributed by atoms with Gasteiger partial charge >= 0.3 is 5.97 Å². The lowest BCUT2D eigenvalue weighted by Crippen LogP contribution is -2.72. The van der Waals surface area contributed by atoms with Gasteiger partial charge in [-0.15, -0.1) is 0 Å². The van der Waals surface area contributed by atoms with Gasteiger partial charge in [0.15, 0.2) is 0 Å². The van der Waals surface area contributed by atoms with Crippen LogP contribution in [0.3, 0.4) is 0 Å². The van der Waals surface area contributed by atoms with Crippen molar-refractivity contribution in [3.05, 3.63) is 209 Å². The molecule has 734 valence electrons. The van der Waals surface area contributed by atoms with Crippen molar-refractivity contribution >= 4 is 35.5 Å². The highest BCUT2D eigenvalue weighted by molar-refractivity contribution is 5.96. The average Bonchev–Trinajstić information content (AvgIpc) is 1.17. The second kappa shape index (κ2) is 34.8. The Labute approximate surface area is 808 Å². The van der Waals surface area contributed by atoms with Crippen molar-refractivity contribution < 1.29 is 64.5 Å². The zero-order chi connectivity index (χ0) is 95.9. The number of nitrogens with two attached hydrogens (primary N) is 4. The van der Waals surface area contributed by atoms with E-state index in [9.17, 15) is 64.5 Å². The summed E-state index contributed by atoms with van der Waals surface area (Å²) in [6.45, 7) is 8.46. The molecule has 6 aromatic rings. The first-order valence-corrected chi connectivity index (χ1v) is 52.6. The maximum Gasteiger partial charge on any atom is 0.335 e. The number of likely N-dealkylation sites (tertiary alicyclic amines) is 6. The number of rotatable bonds is 10. The fraction of sp³-hybridized carbons (Fsp3) is 0.628. The predicted octanol–water partition coefficient (Wildman–Crippen LogP) is 11.2. The lowest BCUT2D eigenvalue weighted by molar-refractivity contribution is -0.166. The number of carboxylic acid groups (broad SMARTS) is 1. The second-order valence-corrected chi connectivity index (χ2v) is 46.8. The van der Waals surface area contributed by atoms with Gasteiger partial charge in [-0.1, -0.05) is 87.8 Å². The average molecular weight is 1870 g/mol. The van der Waals surface area contributed by atoms with Crippen LogP contribution in [0.15, 0.2) is 109 Å². The van der Waals surface area contributed by atoms with Gasteiger partial charge in [0.05, 0.1) is 39.2 Å². The summed E-state index contributed by atoms with van der Waals surface area (Å²) in [5.74, 6) is -0.734. The lowest BCUT2D eigenvalue weighted by Gasteiger charge is -2.64. The highest BCUT2D eigenvalue weighted by atomic mass is 16.4. The molecule has 137 heavy (non-hydrogen) atoms. The largest absolute Gasteiger partial charge is 0.478 e. The molecule has 0 radical (unpaired) electrons. The van der Waals surface area contributed by atoms with E-state index < -0.39 is 39.6 Å². The number of carbonyl (C=O) groups is 6. The van der Waals surface area contributed by atoms with Crippen molar-refractivity contribution in [3.8, 4) is 0 Å². The van der Waals surface area contributed by atoms with E-state index in [0.29, 0.717) is 33.4 Å². The number of benzene rings is 6. The van der Waals surface area contributed by atoms with Gasteiger partial charge < -0.3 is 83.6 Å². The number of aromatic carboxylic acids is 1. The Morgan fingerprint density at radius 1 is 0.292 bits per heavy atom. The number of amides is 5. The van der Waals surface area contributed by atoms with Crippen LogP contribution in [0.25, 0.3) is 0 Å². The molecule has 24 nitrogen and oxygen atoms in total. The molecule has 6 saturated heterocycles. The third-order valence-corrected chi connectivity index (χ3v) is 41.0. The number of hydrogen-bond donors (Lipinski definition) is 12. The van der Waals surface area contributed by atoms with Gasteiger partial charge in [-0.3, -0.25) is 33.8 Å². The number of fused-ring (bicyclic) bond motifs is 6. The molecule has 6 heterocycles. The molecule has 6 aliphatic heterocycles. The Bertz CT molecular complexity index is 5690. The van der Waals surface area contributed by atoms with Crippen LogP contribution in [0.5, 0.6) is 0 Å². The summed E-state index contributed by atoms with van der Waals surface area (Å²) >= 11 is 0. The molecule has 26 rings (SSSR count). The maximum absolute atomic E-state index is 12.1. The number of hydrogen-bond acceptors (Lipinski definition) is 18. The predicted molar refractivity (Wildman–Crippen MR) is 526 cm³/mol. The Balaban J connectivity index is 0.0000000982. The Morgan fingerprint density at radius 2 is 0.504 bits per heavy atom. The molecule has 24 heteroatoms. The number of nitrogens with zero attached hydrogens (tertiary/aromatic N) is 6. The van der Waals surface area contributed by atoms with Gasteiger partial charge in [0, 0.05) is 117 Å². The maximum atomic E-state index is 12.1. The van der Waals surface area contributed by atoms with Gasteiger partial charge in [-0.25, -0.2) is 4.79 Å². The molecular formula is C113H149N11O13. The van der Waals surface area contributed by atoms with Gasteiger partial charge in [-0.05, 0) is 411 Å². The number of piperidine rings is 6. The zero-order valence-corrected chi connectivity index (χ0v) is 81.6. The highest BCUT2D eigenvalue weighted by Crippen LogP contribution is 2.66. The molecule has 12 bridgehead atoms. The van der Waals surface area contributed by atoms with Gasteiger partial charge in [0.2, 0.25) is 23.6 Å². The summed E-state index contributed by atoms with van der Waals surface area (Å²) < 4.78 is 0. The molecule has 6 aromatic carbocycles. The monoisotopic (exact) mass is 1870 g/mol. The molecule has 14 aliphatic carbocycles.